The summed E-state index contributed by atoms with van der Waals surface area (Å²) in [5.41, 5.74) is 0. The SMILES string of the molecule is Clc1cnc(N2CCCCC2C2CCCN2)c(Br)c1. The van der Waals surface area contributed by atoms with Crippen molar-refractivity contribution in [2.45, 2.75) is 44.2 Å². The van der Waals surface area contributed by atoms with Crippen molar-refractivity contribution in [3.63, 3.8) is 0 Å². The highest BCUT2D eigenvalue weighted by molar-refractivity contribution is 9.10. The molecule has 104 valence electrons. The van der Waals surface area contributed by atoms with Gasteiger partial charge < -0.3 is 10.2 Å². The lowest BCUT2D eigenvalue weighted by Crippen LogP contribution is -2.50. The van der Waals surface area contributed by atoms with Gasteiger partial charge in [0.05, 0.1) is 9.50 Å². The van der Waals surface area contributed by atoms with Gasteiger partial charge in [0.25, 0.3) is 0 Å². The molecule has 0 aromatic carbocycles. The number of hydrogen-bond acceptors (Lipinski definition) is 3. The third-order valence-corrected chi connectivity index (χ3v) is 4.96. The number of halogens is 2. The van der Waals surface area contributed by atoms with Crippen LogP contribution in [0.2, 0.25) is 5.02 Å². The van der Waals surface area contributed by atoms with Gasteiger partial charge in [-0.1, -0.05) is 11.6 Å². The molecular formula is C14H19BrClN3. The molecule has 2 saturated heterocycles. The number of hydrogen-bond donors (Lipinski definition) is 1. The fourth-order valence-corrected chi connectivity index (χ4v) is 4.16. The molecule has 0 bridgehead atoms. The Balaban J connectivity index is 1.86. The van der Waals surface area contributed by atoms with E-state index in [1.54, 1.807) is 6.20 Å². The molecule has 0 saturated carbocycles. The van der Waals surface area contributed by atoms with E-state index >= 15 is 0 Å². The van der Waals surface area contributed by atoms with Crippen molar-refractivity contribution in [2.75, 3.05) is 18.0 Å². The molecule has 3 nitrogen and oxygen atoms in total. The average Bonchev–Trinajstić information content (AvgIpc) is 2.93. The molecule has 1 aromatic heterocycles. The molecule has 2 aliphatic rings. The smallest absolute Gasteiger partial charge is 0.143 e. The zero-order valence-electron chi connectivity index (χ0n) is 10.9. The summed E-state index contributed by atoms with van der Waals surface area (Å²) in [5, 5.41) is 4.33. The van der Waals surface area contributed by atoms with Gasteiger partial charge in [-0.15, -0.1) is 0 Å². The monoisotopic (exact) mass is 343 g/mol. The molecule has 5 heteroatoms. The van der Waals surface area contributed by atoms with Crippen molar-refractivity contribution >= 4 is 33.3 Å². The Bertz CT molecular complexity index is 448. The molecule has 3 heterocycles. The Labute approximate surface area is 127 Å². The third kappa shape index (κ3) is 2.91. The van der Waals surface area contributed by atoms with Crippen LogP contribution in [0.5, 0.6) is 0 Å². The van der Waals surface area contributed by atoms with Gasteiger partial charge in [-0.2, -0.15) is 0 Å². The highest BCUT2D eigenvalue weighted by atomic mass is 79.9. The summed E-state index contributed by atoms with van der Waals surface area (Å²) < 4.78 is 1.00. The predicted octanol–water partition coefficient (Wildman–Crippen LogP) is 3.61. The van der Waals surface area contributed by atoms with Gasteiger partial charge in [-0.3, -0.25) is 0 Å². The van der Waals surface area contributed by atoms with Gasteiger partial charge in [-0.25, -0.2) is 4.98 Å². The van der Waals surface area contributed by atoms with Gasteiger partial charge in [0.1, 0.15) is 5.82 Å². The first-order valence-electron chi connectivity index (χ1n) is 7.07. The fourth-order valence-electron chi connectivity index (χ4n) is 3.30. The van der Waals surface area contributed by atoms with E-state index in [-0.39, 0.29) is 0 Å². The minimum atomic E-state index is 0.571. The second-order valence-corrected chi connectivity index (χ2v) is 6.71. The summed E-state index contributed by atoms with van der Waals surface area (Å²) >= 11 is 9.61. The normalized spacial score (nSPS) is 27.8. The Morgan fingerprint density at radius 1 is 1.32 bits per heavy atom. The van der Waals surface area contributed by atoms with Crippen molar-refractivity contribution in [3.8, 4) is 0 Å². The number of rotatable bonds is 2. The zero-order chi connectivity index (χ0) is 13.2. The highest BCUT2D eigenvalue weighted by Crippen LogP contribution is 2.33. The van der Waals surface area contributed by atoms with E-state index in [2.05, 4.69) is 31.1 Å². The van der Waals surface area contributed by atoms with Crippen molar-refractivity contribution in [1.29, 1.82) is 0 Å². The van der Waals surface area contributed by atoms with Crippen LogP contribution in [-0.2, 0) is 0 Å². The molecule has 0 aliphatic carbocycles. The molecule has 19 heavy (non-hydrogen) atoms. The maximum atomic E-state index is 6.00. The van der Waals surface area contributed by atoms with Crippen LogP contribution in [0.3, 0.4) is 0 Å². The predicted molar refractivity (Wildman–Crippen MR) is 83.0 cm³/mol. The lowest BCUT2D eigenvalue weighted by molar-refractivity contribution is 0.376. The van der Waals surface area contributed by atoms with Gasteiger partial charge >= 0.3 is 0 Å². The van der Waals surface area contributed by atoms with Crippen molar-refractivity contribution in [1.82, 2.24) is 10.3 Å². The van der Waals surface area contributed by atoms with E-state index < -0.39 is 0 Å². The van der Waals surface area contributed by atoms with E-state index in [1.165, 1.54) is 32.1 Å². The fraction of sp³-hybridized carbons (Fsp3) is 0.643. The molecule has 2 atom stereocenters. The Kier molecular flexibility index (Phi) is 4.30. The molecule has 2 unspecified atom stereocenters. The quantitative estimate of drug-likeness (QED) is 0.888. The van der Waals surface area contributed by atoms with Crippen molar-refractivity contribution < 1.29 is 0 Å². The lowest BCUT2D eigenvalue weighted by atomic mass is 9.94. The van der Waals surface area contributed by atoms with Crippen LogP contribution < -0.4 is 10.2 Å². The first-order valence-corrected chi connectivity index (χ1v) is 8.24. The summed E-state index contributed by atoms with van der Waals surface area (Å²) in [6, 6.07) is 3.13. The molecule has 0 amide bonds. The maximum Gasteiger partial charge on any atom is 0.143 e. The Morgan fingerprint density at radius 3 is 2.95 bits per heavy atom. The van der Waals surface area contributed by atoms with Gasteiger partial charge in [0.2, 0.25) is 0 Å². The van der Waals surface area contributed by atoms with Gasteiger partial charge in [0.15, 0.2) is 0 Å². The van der Waals surface area contributed by atoms with E-state index in [9.17, 15) is 0 Å². The molecule has 2 aliphatic heterocycles. The largest absolute Gasteiger partial charge is 0.351 e. The number of anilines is 1. The summed E-state index contributed by atoms with van der Waals surface area (Å²) in [5.74, 6) is 1.04. The Hall–Kier alpha value is -0.320. The van der Waals surface area contributed by atoms with Crippen molar-refractivity contribution in [2.24, 2.45) is 0 Å². The number of pyridine rings is 1. The highest BCUT2D eigenvalue weighted by Gasteiger charge is 2.33. The summed E-state index contributed by atoms with van der Waals surface area (Å²) in [6.45, 7) is 2.25. The van der Waals surface area contributed by atoms with Crippen LogP contribution in [0.15, 0.2) is 16.7 Å². The molecule has 0 spiro atoms. The number of piperidine rings is 1. The van der Waals surface area contributed by atoms with Crippen LogP contribution >= 0.6 is 27.5 Å². The molecule has 3 rings (SSSR count). The number of nitrogens with one attached hydrogen (secondary N) is 1. The third-order valence-electron chi connectivity index (χ3n) is 4.17. The van der Waals surface area contributed by atoms with E-state index in [4.69, 9.17) is 11.6 Å². The van der Waals surface area contributed by atoms with Crippen LogP contribution in [0, 0.1) is 0 Å². The van der Waals surface area contributed by atoms with Crippen LogP contribution in [0.4, 0.5) is 5.82 Å². The summed E-state index contributed by atoms with van der Waals surface area (Å²) in [6.07, 6.45) is 8.16. The van der Waals surface area contributed by atoms with Gasteiger partial charge in [0, 0.05) is 24.8 Å². The van der Waals surface area contributed by atoms with Crippen molar-refractivity contribution in [3.05, 3.63) is 21.8 Å². The number of aromatic nitrogens is 1. The van der Waals surface area contributed by atoms with Crippen LogP contribution in [-0.4, -0.2) is 30.2 Å². The minimum absolute atomic E-state index is 0.571. The maximum absolute atomic E-state index is 6.00. The summed E-state index contributed by atoms with van der Waals surface area (Å²) in [7, 11) is 0. The molecule has 2 fully saturated rings. The molecule has 0 radical (unpaired) electrons. The lowest BCUT2D eigenvalue weighted by Gasteiger charge is -2.40. The Morgan fingerprint density at radius 2 is 2.21 bits per heavy atom. The van der Waals surface area contributed by atoms with Crippen LogP contribution in [0.1, 0.15) is 32.1 Å². The first kappa shape index (κ1) is 13.7. The average molecular weight is 345 g/mol. The van der Waals surface area contributed by atoms with E-state index in [1.807, 2.05) is 6.07 Å². The standard InChI is InChI=1S/C14H19BrClN3/c15-11-8-10(16)9-18-14(11)19-7-2-1-5-13(19)12-4-3-6-17-12/h8-9,12-13,17H,1-7H2. The van der Waals surface area contributed by atoms with Crippen LogP contribution in [0.25, 0.3) is 0 Å². The molecular weight excluding hydrogens is 326 g/mol. The van der Waals surface area contributed by atoms with Gasteiger partial charge in [-0.05, 0) is 60.6 Å². The molecule has 1 aromatic rings. The minimum Gasteiger partial charge on any atom is -0.351 e. The topological polar surface area (TPSA) is 28.2 Å². The second kappa shape index (κ2) is 5.98. The zero-order valence-corrected chi connectivity index (χ0v) is 13.3. The van der Waals surface area contributed by atoms with E-state index in [0.29, 0.717) is 17.1 Å². The number of nitrogens with zero attached hydrogens (tertiary/aromatic N) is 2. The molecule has 1 N–H and O–H groups in total. The summed E-state index contributed by atoms with van der Waals surface area (Å²) in [4.78, 5) is 7.01. The second-order valence-electron chi connectivity index (χ2n) is 5.42. The first-order chi connectivity index (χ1) is 9.25. The van der Waals surface area contributed by atoms with E-state index in [0.717, 1.165) is 23.4 Å².